The van der Waals surface area contributed by atoms with Crippen LogP contribution in [0.4, 0.5) is 4.39 Å². The fourth-order valence-corrected chi connectivity index (χ4v) is 5.97. The van der Waals surface area contributed by atoms with Crippen molar-refractivity contribution in [3.63, 3.8) is 0 Å². The maximum atomic E-state index is 14.8. The number of imide groups is 2. The van der Waals surface area contributed by atoms with Gasteiger partial charge in [-0.15, -0.1) is 11.8 Å². The van der Waals surface area contributed by atoms with E-state index in [4.69, 9.17) is 0 Å². The molecule has 1 N–H and O–H groups in total. The Hall–Kier alpha value is -3.04. The molecule has 3 aliphatic heterocycles. The number of nitrogens with zero attached hydrogens (tertiary/aromatic N) is 2. The van der Waals surface area contributed by atoms with Crippen LogP contribution in [0.15, 0.2) is 41.3 Å². The molecule has 0 aliphatic carbocycles. The fraction of sp³-hybridized carbons (Fsp3) is 0.385. The van der Waals surface area contributed by atoms with Crippen molar-refractivity contribution in [3.8, 4) is 0 Å². The molecule has 2 saturated heterocycles. The average Bonchev–Trinajstić information content (AvgIpc) is 3.10. The maximum absolute atomic E-state index is 14.8. The number of fused-ring (bicyclic) bond motifs is 1. The van der Waals surface area contributed by atoms with Crippen LogP contribution in [0.3, 0.4) is 0 Å². The highest BCUT2D eigenvalue weighted by Gasteiger charge is 2.46. The van der Waals surface area contributed by atoms with Crippen LogP contribution in [-0.4, -0.2) is 52.6 Å². The Labute approximate surface area is 207 Å². The molecule has 2 fully saturated rings. The molecule has 0 saturated carbocycles. The second-order valence-electron chi connectivity index (χ2n) is 9.19. The number of carbonyl (C=O) groups is 4. The number of piperidine rings is 2. The third-order valence-electron chi connectivity index (χ3n) is 6.77. The van der Waals surface area contributed by atoms with Gasteiger partial charge in [0.15, 0.2) is 0 Å². The Morgan fingerprint density at radius 2 is 1.63 bits per heavy atom. The van der Waals surface area contributed by atoms with Gasteiger partial charge in [0.05, 0.1) is 16.0 Å². The van der Waals surface area contributed by atoms with E-state index in [-0.39, 0.29) is 28.9 Å². The molecule has 1 unspecified atom stereocenters. The van der Waals surface area contributed by atoms with Gasteiger partial charge in [0.1, 0.15) is 11.9 Å². The molecular weight excluding hydrogens is 469 g/mol. The van der Waals surface area contributed by atoms with Crippen molar-refractivity contribution in [2.24, 2.45) is 0 Å². The average molecular weight is 496 g/mol. The largest absolute Gasteiger partial charge is 0.299 e. The smallest absolute Gasteiger partial charge is 0.263 e. The highest BCUT2D eigenvalue weighted by Crippen LogP contribution is 2.37. The normalized spacial score (nSPS) is 20.8. The monoisotopic (exact) mass is 495 g/mol. The van der Waals surface area contributed by atoms with Crippen LogP contribution in [0.2, 0.25) is 0 Å². The first kappa shape index (κ1) is 23.7. The zero-order valence-corrected chi connectivity index (χ0v) is 20.0. The van der Waals surface area contributed by atoms with Gasteiger partial charge in [-0.3, -0.25) is 34.3 Å². The number of nitrogens with one attached hydrogen (secondary N) is 1. The first-order valence-electron chi connectivity index (χ1n) is 11.9. The summed E-state index contributed by atoms with van der Waals surface area (Å²) in [4.78, 5) is 53.4. The summed E-state index contributed by atoms with van der Waals surface area (Å²) in [5.74, 6) is -2.61. The predicted octanol–water partition coefficient (Wildman–Crippen LogP) is 3.51. The molecule has 182 valence electrons. The summed E-state index contributed by atoms with van der Waals surface area (Å²) in [6.45, 7) is 3.16. The van der Waals surface area contributed by atoms with Crippen LogP contribution in [0.1, 0.15) is 63.9 Å². The molecule has 0 radical (unpaired) electrons. The number of rotatable bonds is 6. The number of carbonyl (C=O) groups excluding carboxylic acids is 4. The first-order valence-corrected chi connectivity index (χ1v) is 12.9. The Morgan fingerprint density at radius 1 is 0.914 bits per heavy atom. The summed E-state index contributed by atoms with van der Waals surface area (Å²) in [7, 11) is 0. The summed E-state index contributed by atoms with van der Waals surface area (Å²) >= 11 is 1.16. The number of thioether (sulfide) groups is 1. The second kappa shape index (κ2) is 9.91. The maximum Gasteiger partial charge on any atom is 0.263 e. The van der Waals surface area contributed by atoms with Crippen LogP contribution in [0, 0.1) is 5.82 Å². The van der Waals surface area contributed by atoms with Gasteiger partial charge in [-0.25, -0.2) is 4.39 Å². The number of halogens is 1. The third kappa shape index (κ3) is 4.75. The Morgan fingerprint density at radius 3 is 2.34 bits per heavy atom. The predicted molar refractivity (Wildman–Crippen MR) is 128 cm³/mol. The van der Waals surface area contributed by atoms with Crippen molar-refractivity contribution in [3.05, 3.63) is 64.5 Å². The van der Waals surface area contributed by atoms with Crippen molar-refractivity contribution in [2.45, 2.75) is 55.3 Å². The van der Waals surface area contributed by atoms with Gasteiger partial charge in [0.25, 0.3) is 11.8 Å². The minimum Gasteiger partial charge on any atom is -0.299 e. The molecule has 2 aromatic rings. The number of amides is 4. The Kier molecular flexibility index (Phi) is 6.71. The first-order chi connectivity index (χ1) is 16.9. The molecule has 3 heterocycles. The van der Waals surface area contributed by atoms with Crippen molar-refractivity contribution in [1.82, 2.24) is 15.1 Å². The van der Waals surface area contributed by atoms with Gasteiger partial charge >= 0.3 is 0 Å². The summed E-state index contributed by atoms with van der Waals surface area (Å²) in [5.41, 5.74) is 2.29. The highest BCUT2D eigenvalue weighted by molar-refractivity contribution is 7.98. The zero-order chi connectivity index (χ0) is 24.5. The second-order valence-corrected chi connectivity index (χ2v) is 10.2. The lowest BCUT2D eigenvalue weighted by molar-refractivity contribution is -0.136. The van der Waals surface area contributed by atoms with Crippen LogP contribution in [-0.2, 0) is 21.9 Å². The van der Waals surface area contributed by atoms with Crippen LogP contribution in [0.25, 0.3) is 0 Å². The molecule has 3 aliphatic rings. The number of benzene rings is 2. The van der Waals surface area contributed by atoms with Crippen molar-refractivity contribution >= 4 is 35.4 Å². The summed E-state index contributed by atoms with van der Waals surface area (Å²) in [5, 5.41) is 2.17. The lowest BCUT2D eigenvalue weighted by Crippen LogP contribution is -2.54. The zero-order valence-electron chi connectivity index (χ0n) is 19.2. The van der Waals surface area contributed by atoms with Gasteiger partial charge in [0, 0.05) is 18.7 Å². The Balaban J connectivity index is 1.31. The van der Waals surface area contributed by atoms with E-state index < -0.39 is 35.5 Å². The molecule has 7 nitrogen and oxygen atoms in total. The van der Waals surface area contributed by atoms with Gasteiger partial charge in [0.2, 0.25) is 11.8 Å². The molecule has 35 heavy (non-hydrogen) atoms. The van der Waals surface area contributed by atoms with E-state index >= 15 is 0 Å². The van der Waals surface area contributed by atoms with E-state index in [0.717, 1.165) is 41.9 Å². The van der Waals surface area contributed by atoms with E-state index in [1.54, 1.807) is 0 Å². The van der Waals surface area contributed by atoms with Crippen LogP contribution in [0.5, 0.6) is 0 Å². The number of hydrogen-bond donors (Lipinski definition) is 1. The minimum absolute atomic E-state index is 0.00795. The summed E-state index contributed by atoms with van der Waals surface area (Å²) in [6, 6.07) is 9.57. The highest BCUT2D eigenvalue weighted by atomic mass is 32.2. The van der Waals surface area contributed by atoms with Crippen molar-refractivity contribution in [1.29, 1.82) is 0 Å². The molecule has 1 atom stereocenters. The van der Waals surface area contributed by atoms with E-state index in [1.807, 2.05) is 12.1 Å². The number of hydrogen-bond acceptors (Lipinski definition) is 6. The summed E-state index contributed by atoms with van der Waals surface area (Å²) < 4.78 is 14.8. The van der Waals surface area contributed by atoms with Crippen molar-refractivity contribution in [2.75, 3.05) is 13.1 Å². The summed E-state index contributed by atoms with van der Waals surface area (Å²) in [6.07, 6.45) is 3.87. The van der Waals surface area contributed by atoms with Gasteiger partial charge in [-0.1, -0.05) is 30.7 Å². The van der Waals surface area contributed by atoms with Gasteiger partial charge in [-0.05, 0) is 55.6 Å². The molecule has 9 heteroatoms. The standard InChI is InChI=1S/C26H26FN3O4S/c27-19-9-8-18-22(26(34)30(25(18)33)20-10-11-21(31)28-24(20)32)23(19)35-15-17-6-4-16(5-7-17)14-29-12-2-1-3-13-29/h4-9,20H,1-3,10-15H2,(H,28,31,32). The lowest BCUT2D eigenvalue weighted by Gasteiger charge is -2.27. The molecule has 5 rings (SSSR count). The quantitative estimate of drug-likeness (QED) is 0.488. The minimum atomic E-state index is -1.08. The van der Waals surface area contributed by atoms with Crippen LogP contribution < -0.4 is 5.32 Å². The molecular formula is C26H26FN3O4S. The lowest BCUT2D eigenvalue weighted by atomic mass is 10.0. The van der Waals surface area contributed by atoms with Crippen molar-refractivity contribution < 1.29 is 23.6 Å². The fourth-order valence-electron chi connectivity index (χ4n) is 4.92. The molecule has 2 aromatic carbocycles. The van der Waals surface area contributed by atoms with Gasteiger partial charge < -0.3 is 0 Å². The van der Waals surface area contributed by atoms with Crippen LogP contribution >= 0.6 is 11.8 Å². The van der Waals surface area contributed by atoms with E-state index in [1.165, 1.54) is 37.0 Å². The molecule has 0 bridgehead atoms. The molecule has 4 amide bonds. The van der Waals surface area contributed by atoms with E-state index in [9.17, 15) is 23.6 Å². The topological polar surface area (TPSA) is 86.8 Å². The van der Waals surface area contributed by atoms with Gasteiger partial charge in [-0.2, -0.15) is 0 Å². The van der Waals surface area contributed by atoms with E-state index in [2.05, 4.69) is 22.3 Å². The Bertz CT molecular complexity index is 1190. The third-order valence-corrected chi connectivity index (χ3v) is 7.94. The van der Waals surface area contributed by atoms with E-state index in [0.29, 0.717) is 5.75 Å². The number of likely N-dealkylation sites (tertiary alicyclic amines) is 1. The molecule has 0 spiro atoms. The molecule has 0 aromatic heterocycles. The SMILES string of the molecule is O=C1CCC(N2C(=O)c3ccc(F)c(SCc4ccc(CN5CCCCC5)cc4)c3C2=O)C(=O)N1.